The molecule has 1 saturated heterocycles. The average molecular weight is 314 g/mol. The number of nitrogen functional groups attached to an aromatic ring is 1. The summed E-state index contributed by atoms with van der Waals surface area (Å²) in [6.45, 7) is 3.87. The van der Waals surface area contributed by atoms with Gasteiger partial charge in [-0.15, -0.1) is 0 Å². The third kappa shape index (κ3) is 4.18. The van der Waals surface area contributed by atoms with Crippen LogP contribution in [0.4, 0.5) is 11.6 Å². The monoisotopic (exact) mass is 313 g/mol. The van der Waals surface area contributed by atoms with E-state index in [2.05, 4.69) is 24.9 Å². The number of halogens is 1. The van der Waals surface area contributed by atoms with Crippen LogP contribution in [0.15, 0.2) is 0 Å². The molecule has 0 radical (unpaired) electrons. The fraction of sp³-hybridized carbons (Fsp3) is 0.615. The number of rotatable bonds is 5. The SMILES string of the molecule is COC(=O)c1nc(Cl)c(NCCN2CCCCC2)nc1N. The minimum Gasteiger partial charge on any atom is -0.464 e. The quantitative estimate of drug-likeness (QED) is 0.793. The molecule has 3 N–H and O–H groups in total. The van der Waals surface area contributed by atoms with Gasteiger partial charge in [-0.1, -0.05) is 18.0 Å². The van der Waals surface area contributed by atoms with E-state index >= 15 is 0 Å². The molecule has 1 aliphatic rings. The molecule has 7 nitrogen and oxygen atoms in total. The zero-order valence-corrected chi connectivity index (χ0v) is 12.8. The van der Waals surface area contributed by atoms with E-state index < -0.39 is 5.97 Å². The molecule has 116 valence electrons. The van der Waals surface area contributed by atoms with Gasteiger partial charge in [0.25, 0.3) is 0 Å². The van der Waals surface area contributed by atoms with Crippen molar-refractivity contribution in [2.24, 2.45) is 0 Å². The standard InChI is InChI=1S/C13H20ClN5O2/c1-21-13(20)9-11(15)18-12(10(14)17-9)16-5-8-19-6-3-2-4-7-19/h2-8H2,1H3,(H3,15,16,18). The Morgan fingerprint density at radius 1 is 1.38 bits per heavy atom. The molecule has 2 heterocycles. The van der Waals surface area contributed by atoms with Crippen LogP contribution in [-0.2, 0) is 4.74 Å². The van der Waals surface area contributed by atoms with E-state index in [-0.39, 0.29) is 16.7 Å². The summed E-state index contributed by atoms with van der Waals surface area (Å²) in [6.07, 6.45) is 3.81. The second-order valence-electron chi connectivity index (χ2n) is 4.92. The van der Waals surface area contributed by atoms with Gasteiger partial charge in [-0.2, -0.15) is 0 Å². The number of nitrogens with zero attached hydrogens (tertiary/aromatic N) is 3. The maximum Gasteiger partial charge on any atom is 0.360 e. The highest BCUT2D eigenvalue weighted by Gasteiger charge is 2.17. The van der Waals surface area contributed by atoms with Crippen molar-refractivity contribution in [3.63, 3.8) is 0 Å². The van der Waals surface area contributed by atoms with Crippen LogP contribution in [0.5, 0.6) is 0 Å². The molecular weight excluding hydrogens is 294 g/mol. The van der Waals surface area contributed by atoms with Crippen LogP contribution in [0.2, 0.25) is 5.15 Å². The van der Waals surface area contributed by atoms with Crippen molar-refractivity contribution in [2.45, 2.75) is 19.3 Å². The van der Waals surface area contributed by atoms with Gasteiger partial charge < -0.3 is 20.7 Å². The number of anilines is 2. The van der Waals surface area contributed by atoms with E-state index in [1.54, 1.807) is 0 Å². The molecule has 0 aromatic carbocycles. The molecule has 0 atom stereocenters. The number of esters is 1. The fourth-order valence-corrected chi connectivity index (χ4v) is 2.50. The first kappa shape index (κ1) is 15.8. The zero-order valence-electron chi connectivity index (χ0n) is 12.1. The van der Waals surface area contributed by atoms with E-state index in [0.29, 0.717) is 12.4 Å². The lowest BCUT2D eigenvalue weighted by atomic mass is 10.1. The molecule has 1 aliphatic heterocycles. The number of nitrogens with two attached hydrogens (primary N) is 1. The fourth-order valence-electron chi connectivity index (χ4n) is 2.30. The van der Waals surface area contributed by atoms with Crippen LogP contribution in [-0.4, -0.2) is 54.1 Å². The minimum atomic E-state index is -0.651. The van der Waals surface area contributed by atoms with E-state index in [1.165, 1.54) is 26.4 Å². The average Bonchev–Trinajstić information content (AvgIpc) is 2.50. The second-order valence-corrected chi connectivity index (χ2v) is 5.28. The lowest BCUT2D eigenvalue weighted by Gasteiger charge is -2.26. The Hall–Kier alpha value is -1.60. The van der Waals surface area contributed by atoms with Gasteiger partial charge in [0.15, 0.2) is 22.5 Å². The number of nitrogens with one attached hydrogen (secondary N) is 1. The number of carbonyl (C=O) groups is 1. The highest BCUT2D eigenvalue weighted by Crippen LogP contribution is 2.20. The van der Waals surface area contributed by atoms with Crippen LogP contribution in [0.25, 0.3) is 0 Å². The van der Waals surface area contributed by atoms with E-state index in [9.17, 15) is 4.79 Å². The Morgan fingerprint density at radius 2 is 2.10 bits per heavy atom. The van der Waals surface area contributed by atoms with Crippen LogP contribution < -0.4 is 11.1 Å². The lowest BCUT2D eigenvalue weighted by molar-refractivity contribution is 0.0595. The minimum absolute atomic E-state index is 0.00622. The van der Waals surface area contributed by atoms with Gasteiger partial charge >= 0.3 is 5.97 Å². The van der Waals surface area contributed by atoms with E-state index in [1.807, 2.05) is 0 Å². The molecule has 21 heavy (non-hydrogen) atoms. The highest BCUT2D eigenvalue weighted by molar-refractivity contribution is 6.31. The van der Waals surface area contributed by atoms with Gasteiger partial charge in [0, 0.05) is 13.1 Å². The summed E-state index contributed by atoms with van der Waals surface area (Å²) >= 11 is 6.01. The topological polar surface area (TPSA) is 93.4 Å². The van der Waals surface area contributed by atoms with Gasteiger partial charge in [-0.25, -0.2) is 14.8 Å². The summed E-state index contributed by atoms with van der Waals surface area (Å²) < 4.78 is 4.57. The second kappa shape index (κ2) is 7.42. The third-order valence-electron chi connectivity index (χ3n) is 3.43. The zero-order chi connectivity index (χ0) is 15.2. The van der Waals surface area contributed by atoms with Crippen LogP contribution in [0.1, 0.15) is 29.8 Å². The molecular formula is C13H20ClN5O2. The Bertz CT molecular complexity index is 506. The molecule has 0 amide bonds. The van der Waals surface area contributed by atoms with Gasteiger partial charge in [0.1, 0.15) is 0 Å². The Balaban J connectivity index is 1.94. The number of ether oxygens (including phenoxy) is 1. The van der Waals surface area contributed by atoms with Crippen molar-refractivity contribution < 1.29 is 9.53 Å². The van der Waals surface area contributed by atoms with Gasteiger partial charge in [0.2, 0.25) is 0 Å². The number of methoxy groups -OCH3 is 1. The number of aromatic nitrogens is 2. The number of hydrogen-bond acceptors (Lipinski definition) is 7. The van der Waals surface area contributed by atoms with Crippen molar-refractivity contribution in [3.05, 3.63) is 10.8 Å². The lowest BCUT2D eigenvalue weighted by Crippen LogP contribution is -2.33. The van der Waals surface area contributed by atoms with Crippen LogP contribution >= 0.6 is 11.6 Å². The molecule has 2 rings (SSSR count). The molecule has 0 spiro atoms. The molecule has 0 bridgehead atoms. The summed E-state index contributed by atoms with van der Waals surface area (Å²) in [5.41, 5.74) is 5.63. The summed E-state index contributed by atoms with van der Waals surface area (Å²) in [5.74, 6) is -0.257. The molecule has 0 aliphatic carbocycles. The van der Waals surface area contributed by atoms with Gasteiger partial charge in [0.05, 0.1) is 7.11 Å². The summed E-state index contributed by atoms with van der Waals surface area (Å²) in [4.78, 5) is 21.8. The Morgan fingerprint density at radius 3 is 2.76 bits per heavy atom. The first-order chi connectivity index (χ1) is 10.1. The number of piperidine rings is 1. The van der Waals surface area contributed by atoms with Crippen molar-refractivity contribution in [3.8, 4) is 0 Å². The summed E-state index contributed by atoms with van der Waals surface area (Å²) in [7, 11) is 1.25. The number of likely N-dealkylation sites (tertiary alicyclic amines) is 1. The predicted octanol–water partition coefficient (Wildman–Crippen LogP) is 1.40. The Kier molecular flexibility index (Phi) is 5.58. The highest BCUT2D eigenvalue weighted by atomic mass is 35.5. The van der Waals surface area contributed by atoms with Crippen molar-refractivity contribution in [2.75, 3.05) is 44.3 Å². The molecule has 1 fully saturated rings. The van der Waals surface area contributed by atoms with Gasteiger partial charge in [-0.05, 0) is 25.9 Å². The van der Waals surface area contributed by atoms with E-state index in [0.717, 1.165) is 19.6 Å². The third-order valence-corrected chi connectivity index (χ3v) is 3.69. The Labute approximate surface area is 128 Å². The maximum absolute atomic E-state index is 11.4. The molecule has 0 saturated carbocycles. The normalized spacial score (nSPS) is 15.7. The van der Waals surface area contributed by atoms with Gasteiger partial charge in [-0.3, -0.25) is 0 Å². The van der Waals surface area contributed by atoms with Crippen molar-refractivity contribution in [1.29, 1.82) is 0 Å². The van der Waals surface area contributed by atoms with Crippen LogP contribution in [0.3, 0.4) is 0 Å². The molecule has 1 aromatic rings. The van der Waals surface area contributed by atoms with E-state index in [4.69, 9.17) is 17.3 Å². The molecule has 1 aromatic heterocycles. The first-order valence-corrected chi connectivity index (χ1v) is 7.37. The maximum atomic E-state index is 11.4. The van der Waals surface area contributed by atoms with Crippen molar-refractivity contribution >= 4 is 29.2 Å². The van der Waals surface area contributed by atoms with Crippen LogP contribution in [0, 0.1) is 0 Å². The first-order valence-electron chi connectivity index (χ1n) is 6.99. The smallest absolute Gasteiger partial charge is 0.360 e. The largest absolute Gasteiger partial charge is 0.464 e. The summed E-state index contributed by atoms with van der Waals surface area (Å²) in [5, 5.41) is 3.22. The molecule has 8 heteroatoms. The summed E-state index contributed by atoms with van der Waals surface area (Å²) in [6, 6.07) is 0. The number of hydrogen-bond donors (Lipinski definition) is 2. The predicted molar refractivity (Wildman–Crippen MR) is 81.6 cm³/mol. The number of carbonyl (C=O) groups excluding carboxylic acids is 1. The molecule has 0 unspecified atom stereocenters. The van der Waals surface area contributed by atoms with Crippen molar-refractivity contribution in [1.82, 2.24) is 14.9 Å².